The fourth-order valence-corrected chi connectivity index (χ4v) is 3.50. The highest BCUT2D eigenvalue weighted by Crippen LogP contribution is 2.39. The van der Waals surface area contributed by atoms with Crippen LogP contribution in [-0.2, 0) is 6.42 Å². The number of nitrogens with two attached hydrogens (primary N) is 2. The summed E-state index contributed by atoms with van der Waals surface area (Å²) in [7, 11) is 0. The van der Waals surface area contributed by atoms with Crippen LogP contribution in [-0.4, -0.2) is 22.6 Å². The third-order valence-electron chi connectivity index (χ3n) is 3.94. The molecule has 2 aromatic rings. The zero-order valence-corrected chi connectivity index (χ0v) is 15.1. The van der Waals surface area contributed by atoms with Gasteiger partial charge in [-0.15, -0.1) is 16.4 Å². The Labute approximate surface area is 149 Å². The molecular formula is C16H20N6O2S. The quantitative estimate of drug-likeness (QED) is 0.439. The zero-order chi connectivity index (χ0) is 18.2. The van der Waals surface area contributed by atoms with Crippen LogP contribution in [0.2, 0.25) is 0 Å². The number of hydrogen-bond donors (Lipinski definition) is 3. The predicted octanol–water partition coefficient (Wildman–Crippen LogP) is 2.25. The lowest BCUT2D eigenvalue weighted by molar-refractivity contribution is 0.0993. The maximum atomic E-state index is 12.5. The Balaban J connectivity index is 2.01. The van der Waals surface area contributed by atoms with Gasteiger partial charge in [0.1, 0.15) is 5.76 Å². The summed E-state index contributed by atoms with van der Waals surface area (Å²) in [5.41, 5.74) is 13.0. The van der Waals surface area contributed by atoms with Gasteiger partial charge in [0.15, 0.2) is 10.9 Å². The van der Waals surface area contributed by atoms with Gasteiger partial charge in [0.05, 0.1) is 5.71 Å². The van der Waals surface area contributed by atoms with Gasteiger partial charge in [-0.1, -0.05) is 13.8 Å². The molecule has 0 bridgehead atoms. The first-order chi connectivity index (χ1) is 11.8. The van der Waals surface area contributed by atoms with Gasteiger partial charge in [-0.05, 0) is 18.8 Å². The first kappa shape index (κ1) is 17.2. The summed E-state index contributed by atoms with van der Waals surface area (Å²) in [6.07, 6.45) is 3.02. The van der Waals surface area contributed by atoms with Crippen LogP contribution in [0, 0.1) is 12.3 Å². The van der Waals surface area contributed by atoms with E-state index in [2.05, 4.69) is 34.4 Å². The highest BCUT2D eigenvalue weighted by Gasteiger charge is 2.36. The molecule has 0 unspecified atom stereocenters. The van der Waals surface area contributed by atoms with E-state index < -0.39 is 0 Å². The first-order valence-electron chi connectivity index (χ1n) is 7.76. The molecule has 0 aromatic carbocycles. The molecule has 3 rings (SSSR count). The molecule has 1 aliphatic rings. The van der Waals surface area contributed by atoms with Crippen LogP contribution in [0.25, 0.3) is 0 Å². The number of fused-ring (bicyclic) bond motifs is 1. The van der Waals surface area contributed by atoms with Crippen molar-refractivity contribution in [1.82, 2.24) is 4.98 Å². The number of thiazole rings is 1. The fraction of sp³-hybridized carbons (Fsp3) is 0.375. The second-order valence-electron chi connectivity index (χ2n) is 6.74. The minimum absolute atomic E-state index is 0.0714. The number of carbonyl (C=O) groups is 1. The molecule has 0 saturated heterocycles. The number of nitrogens with zero attached hydrogens (tertiary/aromatic N) is 3. The summed E-state index contributed by atoms with van der Waals surface area (Å²) < 4.78 is 5.89. The Morgan fingerprint density at radius 1 is 1.40 bits per heavy atom. The molecule has 0 spiro atoms. The monoisotopic (exact) mass is 360 g/mol. The van der Waals surface area contributed by atoms with Crippen LogP contribution in [0.4, 0.5) is 5.13 Å². The van der Waals surface area contributed by atoms with Crippen molar-refractivity contribution in [3.8, 4) is 0 Å². The van der Waals surface area contributed by atoms with E-state index in [-0.39, 0.29) is 23.0 Å². The lowest BCUT2D eigenvalue weighted by Gasteiger charge is -2.29. The minimum atomic E-state index is -0.333. The second kappa shape index (κ2) is 6.32. The first-order valence-corrected chi connectivity index (χ1v) is 8.64. The van der Waals surface area contributed by atoms with Crippen molar-refractivity contribution in [3.05, 3.63) is 34.2 Å². The van der Waals surface area contributed by atoms with Crippen molar-refractivity contribution in [2.45, 2.75) is 33.6 Å². The van der Waals surface area contributed by atoms with E-state index in [1.165, 1.54) is 11.3 Å². The van der Waals surface area contributed by atoms with Gasteiger partial charge in [0.25, 0.3) is 5.91 Å². The second-order valence-corrected chi connectivity index (χ2v) is 7.63. The Bertz CT molecular complexity index is 860. The lowest BCUT2D eigenvalue weighted by Crippen LogP contribution is -2.27. The molecule has 0 saturated carbocycles. The van der Waals surface area contributed by atoms with Crippen molar-refractivity contribution in [2.75, 3.05) is 5.32 Å². The van der Waals surface area contributed by atoms with E-state index in [0.29, 0.717) is 23.7 Å². The normalized spacial score (nSPS) is 17.2. The van der Waals surface area contributed by atoms with Gasteiger partial charge in [-0.2, -0.15) is 5.10 Å². The largest absolute Gasteiger partial charge is 0.455 e. The summed E-state index contributed by atoms with van der Waals surface area (Å²) >= 11 is 1.34. The number of hydrogen-bond acceptors (Lipinski definition) is 6. The number of amides is 1. The number of anilines is 1. The number of nitrogens with one attached hydrogen (secondary N) is 1. The SMILES string of the molecule is Cc1c(C(=O)Nc2nccs2)oc2c1/C(=N\N=C(N)N)CC(C)(C)C2. The smallest absolute Gasteiger partial charge is 0.293 e. The molecule has 0 radical (unpaired) electrons. The summed E-state index contributed by atoms with van der Waals surface area (Å²) in [6, 6.07) is 0. The Kier molecular flexibility index (Phi) is 4.34. The van der Waals surface area contributed by atoms with Crippen LogP contribution >= 0.6 is 11.3 Å². The van der Waals surface area contributed by atoms with Crippen molar-refractivity contribution in [1.29, 1.82) is 0 Å². The van der Waals surface area contributed by atoms with E-state index in [1.54, 1.807) is 11.6 Å². The van der Waals surface area contributed by atoms with Crippen LogP contribution < -0.4 is 16.8 Å². The standard InChI is InChI=1S/C16H20N6O2S/c1-8-11-9(21-22-14(17)18)6-16(2,3)7-10(11)24-12(8)13(23)20-15-19-4-5-25-15/h4-5H,6-7H2,1-3H3,(H4,17,18,22)(H,19,20,23)/b21-9-. The van der Waals surface area contributed by atoms with E-state index >= 15 is 0 Å². The molecule has 0 atom stereocenters. The molecule has 132 valence electrons. The average molecular weight is 360 g/mol. The van der Waals surface area contributed by atoms with Gasteiger partial charge in [0, 0.05) is 29.1 Å². The van der Waals surface area contributed by atoms with Gasteiger partial charge in [0.2, 0.25) is 5.96 Å². The van der Waals surface area contributed by atoms with Crippen LogP contribution in [0.3, 0.4) is 0 Å². The van der Waals surface area contributed by atoms with E-state index in [9.17, 15) is 4.79 Å². The Hall–Kier alpha value is -2.68. The molecule has 1 amide bonds. The molecular weight excluding hydrogens is 340 g/mol. The molecule has 2 heterocycles. The number of aromatic nitrogens is 1. The van der Waals surface area contributed by atoms with Crippen LogP contribution in [0.5, 0.6) is 0 Å². The van der Waals surface area contributed by atoms with E-state index in [4.69, 9.17) is 15.9 Å². The number of rotatable bonds is 3. The van der Waals surface area contributed by atoms with Gasteiger partial charge < -0.3 is 15.9 Å². The minimum Gasteiger partial charge on any atom is -0.455 e. The fourth-order valence-electron chi connectivity index (χ4n) is 2.97. The molecule has 2 aromatic heterocycles. The molecule has 9 heteroatoms. The molecule has 0 aliphatic heterocycles. The summed E-state index contributed by atoms with van der Waals surface area (Å²) in [5.74, 6) is 0.541. The zero-order valence-electron chi connectivity index (χ0n) is 14.3. The predicted molar refractivity (Wildman–Crippen MR) is 98.0 cm³/mol. The number of guanidine groups is 1. The highest BCUT2D eigenvalue weighted by atomic mass is 32.1. The maximum Gasteiger partial charge on any atom is 0.293 e. The summed E-state index contributed by atoms with van der Waals surface area (Å²) in [4.78, 5) is 16.6. The lowest BCUT2D eigenvalue weighted by atomic mass is 9.75. The molecule has 1 aliphatic carbocycles. The Morgan fingerprint density at radius 2 is 2.16 bits per heavy atom. The van der Waals surface area contributed by atoms with Crippen molar-refractivity contribution < 1.29 is 9.21 Å². The van der Waals surface area contributed by atoms with Crippen LogP contribution in [0.15, 0.2) is 26.2 Å². The highest BCUT2D eigenvalue weighted by molar-refractivity contribution is 7.13. The van der Waals surface area contributed by atoms with Gasteiger partial charge >= 0.3 is 0 Å². The summed E-state index contributed by atoms with van der Waals surface area (Å²) in [6.45, 7) is 6.05. The van der Waals surface area contributed by atoms with Crippen LogP contribution in [0.1, 0.15) is 47.7 Å². The maximum absolute atomic E-state index is 12.5. The van der Waals surface area contributed by atoms with Crippen molar-refractivity contribution in [3.63, 3.8) is 0 Å². The topological polar surface area (TPSA) is 132 Å². The van der Waals surface area contributed by atoms with Crippen molar-refractivity contribution in [2.24, 2.45) is 27.1 Å². The van der Waals surface area contributed by atoms with Crippen molar-refractivity contribution >= 4 is 34.0 Å². The number of furan rings is 1. The van der Waals surface area contributed by atoms with Gasteiger partial charge in [-0.3, -0.25) is 10.1 Å². The molecule has 25 heavy (non-hydrogen) atoms. The average Bonchev–Trinajstić information content (AvgIpc) is 3.11. The molecule has 0 fully saturated rings. The van der Waals surface area contributed by atoms with E-state index in [1.807, 2.05) is 6.92 Å². The molecule has 8 nitrogen and oxygen atoms in total. The van der Waals surface area contributed by atoms with Gasteiger partial charge in [-0.25, -0.2) is 4.98 Å². The third kappa shape index (κ3) is 3.55. The third-order valence-corrected chi connectivity index (χ3v) is 4.63. The van der Waals surface area contributed by atoms with E-state index in [0.717, 1.165) is 16.9 Å². The number of carbonyl (C=O) groups excluding carboxylic acids is 1. The molecule has 5 N–H and O–H groups in total. The Morgan fingerprint density at radius 3 is 2.80 bits per heavy atom. The summed E-state index contributed by atoms with van der Waals surface area (Å²) in [5, 5.41) is 13.0.